The van der Waals surface area contributed by atoms with Gasteiger partial charge in [0, 0.05) is 23.8 Å². The van der Waals surface area contributed by atoms with Crippen molar-refractivity contribution in [3.63, 3.8) is 0 Å². The van der Waals surface area contributed by atoms with E-state index in [0.29, 0.717) is 30.1 Å². The first-order chi connectivity index (χ1) is 12.3. The molecule has 1 aliphatic heterocycles. The summed E-state index contributed by atoms with van der Waals surface area (Å²) in [6.07, 6.45) is -1.76. The Bertz CT molecular complexity index is 952. The van der Waals surface area contributed by atoms with Crippen molar-refractivity contribution in [2.24, 2.45) is 0 Å². The maximum absolute atomic E-state index is 12.9. The van der Waals surface area contributed by atoms with Gasteiger partial charge in [0.25, 0.3) is 0 Å². The number of hydrogen-bond acceptors (Lipinski definition) is 4. The second-order valence-electron chi connectivity index (χ2n) is 6.42. The molecule has 1 aromatic carbocycles. The Morgan fingerprint density at radius 3 is 2.73 bits per heavy atom. The SMILES string of the molecule is Cc1cc(C(F)(F)F)cc(O)c1-c1ccc2cn(C3CCOC3)nc2n1. The van der Waals surface area contributed by atoms with Gasteiger partial charge in [-0.05, 0) is 43.2 Å². The van der Waals surface area contributed by atoms with Crippen LogP contribution in [0.1, 0.15) is 23.6 Å². The van der Waals surface area contributed by atoms with Crippen molar-refractivity contribution < 1.29 is 23.0 Å². The number of halogens is 3. The van der Waals surface area contributed by atoms with Gasteiger partial charge in [0.15, 0.2) is 5.65 Å². The van der Waals surface area contributed by atoms with Crippen LogP contribution in [-0.2, 0) is 10.9 Å². The molecule has 1 saturated heterocycles. The third kappa shape index (κ3) is 2.90. The lowest BCUT2D eigenvalue weighted by Crippen LogP contribution is -2.08. The normalized spacial score (nSPS) is 17.9. The van der Waals surface area contributed by atoms with Gasteiger partial charge in [-0.25, -0.2) is 4.98 Å². The average molecular weight is 363 g/mol. The highest BCUT2D eigenvalue weighted by molar-refractivity contribution is 5.80. The van der Waals surface area contributed by atoms with Crippen LogP contribution < -0.4 is 0 Å². The minimum atomic E-state index is -4.51. The summed E-state index contributed by atoms with van der Waals surface area (Å²) < 4.78 is 45.9. The van der Waals surface area contributed by atoms with Gasteiger partial charge in [-0.3, -0.25) is 4.68 Å². The summed E-state index contributed by atoms with van der Waals surface area (Å²) in [5, 5.41) is 15.4. The summed E-state index contributed by atoms with van der Waals surface area (Å²) in [6, 6.07) is 5.37. The summed E-state index contributed by atoms with van der Waals surface area (Å²) in [5.41, 5.74) is 0.552. The number of rotatable bonds is 2. The molecule has 1 atom stereocenters. The first-order valence-corrected chi connectivity index (χ1v) is 8.18. The van der Waals surface area contributed by atoms with E-state index in [1.807, 2.05) is 10.9 Å². The molecular formula is C18H16F3N3O2. The smallest absolute Gasteiger partial charge is 0.416 e. The fourth-order valence-electron chi connectivity index (χ4n) is 3.24. The topological polar surface area (TPSA) is 60.2 Å². The van der Waals surface area contributed by atoms with E-state index in [1.165, 1.54) is 6.92 Å². The Morgan fingerprint density at radius 2 is 2.08 bits per heavy atom. The molecule has 4 rings (SSSR count). The van der Waals surface area contributed by atoms with Crippen LogP contribution in [0.15, 0.2) is 30.5 Å². The molecule has 26 heavy (non-hydrogen) atoms. The number of ether oxygens (including phenoxy) is 1. The molecule has 5 nitrogen and oxygen atoms in total. The van der Waals surface area contributed by atoms with Crippen molar-refractivity contribution in [2.75, 3.05) is 13.2 Å². The van der Waals surface area contributed by atoms with Crippen LogP contribution in [0.5, 0.6) is 5.75 Å². The molecule has 0 aliphatic carbocycles. The molecule has 1 aliphatic rings. The predicted molar refractivity (Wildman–Crippen MR) is 88.8 cm³/mol. The maximum Gasteiger partial charge on any atom is 0.416 e. The van der Waals surface area contributed by atoms with Gasteiger partial charge in [-0.2, -0.15) is 18.3 Å². The Labute approximate surface area is 147 Å². The molecule has 1 N–H and O–H groups in total. The average Bonchev–Trinajstić information content (AvgIpc) is 3.22. The first kappa shape index (κ1) is 16.8. The molecule has 2 aromatic heterocycles. The first-order valence-electron chi connectivity index (χ1n) is 8.18. The standard InChI is InChI=1S/C18H16F3N3O2/c1-10-6-12(18(19,20)21)7-15(25)16(10)14-3-2-11-8-24(23-17(11)22-14)13-4-5-26-9-13/h2-3,6-8,13,25H,4-5,9H2,1H3. The Kier molecular flexibility index (Phi) is 3.87. The van der Waals surface area contributed by atoms with E-state index in [1.54, 1.807) is 12.1 Å². The third-order valence-corrected chi connectivity index (χ3v) is 4.56. The molecule has 0 spiro atoms. The van der Waals surface area contributed by atoms with Crippen molar-refractivity contribution in [1.29, 1.82) is 0 Å². The number of nitrogens with zero attached hydrogens (tertiary/aromatic N) is 3. The van der Waals surface area contributed by atoms with Crippen LogP contribution in [0.3, 0.4) is 0 Å². The highest BCUT2D eigenvalue weighted by Gasteiger charge is 2.32. The Hall–Kier alpha value is -2.61. The highest BCUT2D eigenvalue weighted by Crippen LogP contribution is 2.38. The number of benzene rings is 1. The summed E-state index contributed by atoms with van der Waals surface area (Å²) in [5.74, 6) is -0.451. The van der Waals surface area contributed by atoms with E-state index >= 15 is 0 Å². The quantitative estimate of drug-likeness (QED) is 0.745. The maximum atomic E-state index is 12.9. The van der Waals surface area contributed by atoms with Gasteiger partial charge in [-0.15, -0.1) is 0 Å². The fraction of sp³-hybridized carbons (Fsp3) is 0.333. The molecule has 0 radical (unpaired) electrons. The number of aromatic hydroxyl groups is 1. The second-order valence-corrected chi connectivity index (χ2v) is 6.42. The van der Waals surface area contributed by atoms with Gasteiger partial charge < -0.3 is 9.84 Å². The summed E-state index contributed by atoms with van der Waals surface area (Å²) in [7, 11) is 0. The monoisotopic (exact) mass is 363 g/mol. The van der Waals surface area contributed by atoms with E-state index in [2.05, 4.69) is 10.1 Å². The van der Waals surface area contributed by atoms with E-state index < -0.39 is 17.5 Å². The van der Waals surface area contributed by atoms with E-state index in [4.69, 9.17) is 4.74 Å². The van der Waals surface area contributed by atoms with Crippen LogP contribution in [0, 0.1) is 6.92 Å². The van der Waals surface area contributed by atoms with Crippen molar-refractivity contribution in [3.8, 4) is 17.0 Å². The van der Waals surface area contributed by atoms with Gasteiger partial charge >= 0.3 is 6.18 Å². The van der Waals surface area contributed by atoms with E-state index in [9.17, 15) is 18.3 Å². The number of phenolic OH excluding ortho intramolecular Hbond substituents is 1. The van der Waals surface area contributed by atoms with Crippen molar-refractivity contribution in [3.05, 3.63) is 41.6 Å². The van der Waals surface area contributed by atoms with Crippen molar-refractivity contribution >= 4 is 11.0 Å². The number of alkyl halides is 3. The largest absolute Gasteiger partial charge is 0.507 e. The lowest BCUT2D eigenvalue weighted by atomic mass is 10.00. The molecule has 8 heteroatoms. The second kappa shape index (κ2) is 5.98. The summed E-state index contributed by atoms with van der Waals surface area (Å²) in [6.45, 7) is 2.81. The van der Waals surface area contributed by atoms with Gasteiger partial charge in [0.05, 0.1) is 23.9 Å². The predicted octanol–water partition coefficient (Wildman–Crippen LogP) is 4.09. The van der Waals surface area contributed by atoms with Crippen LogP contribution in [0.2, 0.25) is 0 Å². The third-order valence-electron chi connectivity index (χ3n) is 4.56. The molecule has 0 amide bonds. The Morgan fingerprint density at radius 1 is 1.27 bits per heavy atom. The van der Waals surface area contributed by atoms with Crippen molar-refractivity contribution in [2.45, 2.75) is 25.6 Å². The zero-order valence-electron chi connectivity index (χ0n) is 13.9. The molecular weight excluding hydrogens is 347 g/mol. The number of aromatic nitrogens is 3. The molecule has 1 fully saturated rings. The molecule has 0 bridgehead atoms. The van der Waals surface area contributed by atoms with E-state index in [-0.39, 0.29) is 11.6 Å². The number of fused-ring (bicyclic) bond motifs is 1. The van der Waals surface area contributed by atoms with Crippen LogP contribution >= 0.6 is 0 Å². The Balaban J connectivity index is 1.77. The van der Waals surface area contributed by atoms with Crippen molar-refractivity contribution in [1.82, 2.24) is 14.8 Å². The molecule has 3 aromatic rings. The van der Waals surface area contributed by atoms with Crippen LogP contribution in [0.25, 0.3) is 22.3 Å². The lowest BCUT2D eigenvalue weighted by Gasteiger charge is -2.13. The fourth-order valence-corrected chi connectivity index (χ4v) is 3.24. The van der Waals surface area contributed by atoms with Crippen LogP contribution in [-0.4, -0.2) is 33.1 Å². The zero-order valence-corrected chi connectivity index (χ0v) is 13.9. The summed E-state index contributed by atoms with van der Waals surface area (Å²) >= 11 is 0. The lowest BCUT2D eigenvalue weighted by molar-refractivity contribution is -0.137. The van der Waals surface area contributed by atoms with Crippen LogP contribution in [0.4, 0.5) is 13.2 Å². The van der Waals surface area contributed by atoms with Gasteiger partial charge in [0.1, 0.15) is 5.75 Å². The molecule has 3 heterocycles. The molecule has 136 valence electrons. The van der Waals surface area contributed by atoms with E-state index in [0.717, 1.165) is 23.9 Å². The minimum Gasteiger partial charge on any atom is -0.507 e. The van der Waals surface area contributed by atoms with Gasteiger partial charge in [-0.1, -0.05) is 0 Å². The molecule has 1 unspecified atom stereocenters. The number of pyridine rings is 1. The number of aryl methyl sites for hydroxylation is 1. The summed E-state index contributed by atoms with van der Waals surface area (Å²) in [4.78, 5) is 4.44. The zero-order chi connectivity index (χ0) is 18.5. The number of hydrogen-bond donors (Lipinski definition) is 1. The number of phenols is 1. The highest BCUT2D eigenvalue weighted by atomic mass is 19.4. The minimum absolute atomic E-state index is 0.161. The van der Waals surface area contributed by atoms with Gasteiger partial charge in [0.2, 0.25) is 0 Å². The molecule has 0 saturated carbocycles.